The largest absolute Gasteiger partial charge is 0.493 e. The molecule has 0 aliphatic carbocycles. The highest BCUT2D eigenvalue weighted by atomic mass is 35.5. The normalized spacial score (nSPS) is 19.2. The number of hydrogen-bond donors (Lipinski definition) is 1. The van der Waals surface area contributed by atoms with Crippen molar-refractivity contribution in [2.45, 2.75) is 31.9 Å². The Morgan fingerprint density at radius 1 is 1.26 bits per heavy atom. The van der Waals surface area contributed by atoms with Crippen LogP contribution in [-0.4, -0.2) is 36.0 Å². The van der Waals surface area contributed by atoms with Crippen LogP contribution in [0.1, 0.15) is 24.3 Å². The van der Waals surface area contributed by atoms with Gasteiger partial charge in [0.25, 0.3) is 0 Å². The molecule has 0 amide bonds. The summed E-state index contributed by atoms with van der Waals surface area (Å²) in [4.78, 5) is 4.45. The number of fused-ring (bicyclic) bond motifs is 1. The first-order valence-corrected chi connectivity index (χ1v) is 7.79. The van der Waals surface area contributed by atoms with Crippen molar-refractivity contribution in [3.63, 3.8) is 0 Å². The molecule has 1 aromatic heterocycles. The van der Waals surface area contributed by atoms with Crippen LogP contribution in [0, 0.1) is 0 Å². The smallest absolute Gasteiger partial charge is 0.240 e. The average Bonchev–Trinajstić information content (AvgIpc) is 3.28. The van der Waals surface area contributed by atoms with Gasteiger partial charge in [-0.2, -0.15) is 4.98 Å². The molecule has 1 saturated heterocycles. The molecule has 124 valence electrons. The first-order valence-electron chi connectivity index (χ1n) is 7.79. The highest BCUT2D eigenvalue weighted by molar-refractivity contribution is 5.85. The van der Waals surface area contributed by atoms with Crippen molar-refractivity contribution in [1.29, 1.82) is 0 Å². The average molecular weight is 338 g/mol. The summed E-state index contributed by atoms with van der Waals surface area (Å²) in [5, 5.41) is 7.37. The van der Waals surface area contributed by atoms with Crippen LogP contribution in [-0.2, 0) is 17.7 Å². The van der Waals surface area contributed by atoms with E-state index in [4.69, 9.17) is 14.0 Å². The number of nitrogens with zero attached hydrogens (tertiary/aromatic N) is 2. The number of benzene rings is 1. The van der Waals surface area contributed by atoms with Crippen molar-refractivity contribution in [1.82, 2.24) is 15.5 Å². The Bertz CT molecular complexity index is 656. The van der Waals surface area contributed by atoms with E-state index in [0.29, 0.717) is 24.4 Å². The molecular formula is C16H20ClN3O3. The zero-order valence-electron chi connectivity index (χ0n) is 12.8. The molecule has 7 heteroatoms. The molecule has 1 N–H and O–H groups in total. The third kappa shape index (κ3) is 3.65. The molecule has 1 atom stereocenters. The fraction of sp³-hybridized carbons (Fsp3) is 0.500. The fourth-order valence-electron chi connectivity index (χ4n) is 2.91. The van der Waals surface area contributed by atoms with Gasteiger partial charge in [0.15, 0.2) is 0 Å². The molecule has 0 bridgehead atoms. The molecule has 2 aliphatic heterocycles. The van der Waals surface area contributed by atoms with E-state index in [-0.39, 0.29) is 12.4 Å². The Balaban J connectivity index is 0.00000156. The summed E-state index contributed by atoms with van der Waals surface area (Å²) in [5.74, 6) is 2.19. The van der Waals surface area contributed by atoms with Gasteiger partial charge in [-0.25, -0.2) is 0 Å². The van der Waals surface area contributed by atoms with Crippen molar-refractivity contribution >= 4 is 12.4 Å². The van der Waals surface area contributed by atoms with Crippen molar-refractivity contribution in [2.75, 3.05) is 19.8 Å². The number of rotatable bonds is 5. The molecule has 2 aromatic rings. The van der Waals surface area contributed by atoms with E-state index in [1.165, 1.54) is 5.56 Å². The van der Waals surface area contributed by atoms with Gasteiger partial charge in [-0.05, 0) is 36.6 Å². The third-order valence-electron chi connectivity index (χ3n) is 4.09. The lowest BCUT2D eigenvalue weighted by molar-refractivity contribution is 0.109. The standard InChI is InChI=1S/C16H19N3O3.ClH/c1-2-13(20-6-1)9-17-10-15-18-16(19-22-15)12-3-4-14-11(8-12)5-7-21-14;/h3-4,8,13,17H,1-2,5-7,9-10H2;1H. The minimum atomic E-state index is 0. The van der Waals surface area contributed by atoms with Gasteiger partial charge in [-0.15, -0.1) is 12.4 Å². The number of nitrogens with one attached hydrogen (secondary N) is 1. The predicted molar refractivity (Wildman–Crippen MR) is 86.9 cm³/mol. The molecule has 1 unspecified atom stereocenters. The summed E-state index contributed by atoms with van der Waals surface area (Å²) in [5.41, 5.74) is 2.18. The van der Waals surface area contributed by atoms with E-state index in [0.717, 1.165) is 50.3 Å². The molecular weight excluding hydrogens is 318 g/mol. The second-order valence-corrected chi connectivity index (χ2v) is 5.70. The maximum atomic E-state index is 5.57. The summed E-state index contributed by atoms with van der Waals surface area (Å²) in [7, 11) is 0. The third-order valence-corrected chi connectivity index (χ3v) is 4.09. The first kappa shape index (κ1) is 16.2. The molecule has 1 fully saturated rings. The Hall–Kier alpha value is -1.63. The summed E-state index contributed by atoms with van der Waals surface area (Å²) in [6.45, 7) is 3.03. The predicted octanol–water partition coefficient (Wildman–Crippen LogP) is 2.36. The molecule has 3 heterocycles. The molecule has 2 aliphatic rings. The van der Waals surface area contributed by atoms with Gasteiger partial charge in [0.05, 0.1) is 19.3 Å². The van der Waals surface area contributed by atoms with Gasteiger partial charge >= 0.3 is 0 Å². The van der Waals surface area contributed by atoms with E-state index in [1.807, 2.05) is 12.1 Å². The fourth-order valence-corrected chi connectivity index (χ4v) is 2.91. The number of hydrogen-bond acceptors (Lipinski definition) is 6. The summed E-state index contributed by atoms with van der Waals surface area (Å²) < 4.78 is 16.4. The maximum absolute atomic E-state index is 5.57. The Kier molecular flexibility index (Phi) is 5.15. The van der Waals surface area contributed by atoms with E-state index in [9.17, 15) is 0 Å². The van der Waals surface area contributed by atoms with Crippen LogP contribution in [0.15, 0.2) is 22.7 Å². The zero-order chi connectivity index (χ0) is 14.8. The van der Waals surface area contributed by atoms with Gasteiger partial charge in [0.2, 0.25) is 11.7 Å². The Morgan fingerprint density at radius 3 is 3.09 bits per heavy atom. The van der Waals surface area contributed by atoms with Crippen molar-refractivity contribution in [3.8, 4) is 17.1 Å². The van der Waals surface area contributed by atoms with Gasteiger partial charge in [0.1, 0.15) is 5.75 Å². The minimum absolute atomic E-state index is 0. The van der Waals surface area contributed by atoms with Crippen LogP contribution in [0.25, 0.3) is 11.4 Å². The number of aromatic nitrogens is 2. The monoisotopic (exact) mass is 337 g/mol. The highest BCUT2D eigenvalue weighted by Crippen LogP contribution is 2.29. The molecule has 0 saturated carbocycles. The van der Waals surface area contributed by atoms with Gasteiger partial charge < -0.3 is 19.3 Å². The van der Waals surface area contributed by atoms with Crippen LogP contribution in [0.3, 0.4) is 0 Å². The lowest BCUT2D eigenvalue weighted by Crippen LogP contribution is -2.25. The van der Waals surface area contributed by atoms with Crippen LogP contribution in [0.4, 0.5) is 0 Å². The summed E-state index contributed by atoms with van der Waals surface area (Å²) >= 11 is 0. The van der Waals surface area contributed by atoms with E-state index >= 15 is 0 Å². The lowest BCUT2D eigenvalue weighted by Gasteiger charge is -2.08. The SMILES string of the molecule is Cl.c1cc2c(cc1-c1noc(CNCC3CCCO3)n1)CCO2. The van der Waals surface area contributed by atoms with Crippen molar-refractivity contribution < 1.29 is 14.0 Å². The molecule has 1 aromatic carbocycles. The van der Waals surface area contributed by atoms with Crippen LogP contribution >= 0.6 is 12.4 Å². The molecule has 0 spiro atoms. The number of ether oxygens (including phenoxy) is 2. The Morgan fingerprint density at radius 2 is 2.22 bits per heavy atom. The van der Waals surface area contributed by atoms with E-state index in [1.54, 1.807) is 0 Å². The van der Waals surface area contributed by atoms with E-state index in [2.05, 4.69) is 21.5 Å². The van der Waals surface area contributed by atoms with Crippen molar-refractivity contribution in [2.24, 2.45) is 0 Å². The number of halogens is 1. The molecule has 0 radical (unpaired) electrons. The van der Waals surface area contributed by atoms with Crippen LogP contribution < -0.4 is 10.1 Å². The maximum Gasteiger partial charge on any atom is 0.240 e. The highest BCUT2D eigenvalue weighted by Gasteiger charge is 2.17. The molecule has 4 rings (SSSR count). The van der Waals surface area contributed by atoms with Crippen molar-refractivity contribution in [3.05, 3.63) is 29.7 Å². The van der Waals surface area contributed by atoms with Crippen LogP contribution in [0.2, 0.25) is 0 Å². The van der Waals surface area contributed by atoms with Gasteiger partial charge in [-0.3, -0.25) is 0 Å². The van der Waals surface area contributed by atoms with Crippen LogP contribution in [0.5, 0.6) is 5.75 Å². The van der Waals surface area contributed by atoms with Gasteiger partial charge in [-0.1, -0.05) is 5.16 Å². The van der Waals surface area contributed by atoms with E-state index < -0.39 is 0 Å². The molecule has 6 nitrogen and oxygen atoms in total. The Labute approximate surface area is 141 Å². The first-order chi connectivity index (χ1) is 10.9. The zero-order valence-corrected chi connectivity index (χ0v) is 13.6. The van der Waals surface area contributed by atoms with Gasteiger partial charge in [0, 0.05) is 25.1 Å². The minimum Gasteiger partial charge on any atom is -0.493 e. The topological polar surface area (TPSA) is 69.4 Å². The lowest BCUT2D eigenvalue weighted by atomic mass is 10.1. The quantitative estimate of drug-likeness (QED) is 0.903. The second kappa shape index (κ2) is 7.29. The summed E-state index contributed by atoms with van der Waals surface area (Å²) in [6.07, 6.45) is 3.54. The second-order valence-electron chi connectivity index (χ2n) is 5.70. The molecule has 23 heavy (non-hydrogen) atoms. The summed E-state index contributed by atoms with van der Waals surface area (Å²) in [6, 6.07) is 6.03.